The van der Waals surface area contributed by atoms with Crippen LogP contribution in [-0.4, -0.2) is 24.0 Å². The SMILES string of the molecule is CCCCCCCCCCCCCCN(CP(=O)([O-])[O-])CP(=O)([O-])[O-].[NH4+].[NH4+]. The molecule has 0 aliphatic rings. The highest BCUT2D eigenvalue weighted by atomic mass is 31.2. The summed E-state index contributed by atoms with van der Waals surface area (Å²) in [6.07, 6.45) is 11.9. The Bertz CT molecular complexity index is 393. The molecule has 0 heterocycles. The second-order valence-corrected chi connectivity index (χ2v) is 9.80. The van der Waals surface area contributed by atoms with Gasteiger partial charge in [-0.3, -0.25) is 4.90 Å². The molecule has 0 radical (unpaired) electrons. The lowest BCUT2D eigenvalue weighted by atomic mass is 10.1. The van der Waals surface area contributed by atoms with Crippen LogP contribution in [0.3, 0.4) is 0 Å². The minimum atomic E-state index is -4.87. The summed E-state index contributed by atoms with van der Waals surface area (Å²) in [7, 11) is -9.73. The summed E-state index contributed by atoms with van der Waals surface area (Å²) in [5.74, 6) is 0. The van der Waals surface area contributed by atoms with Gasteiger partial charge in [0.1, 0.15) is 0 Å². The van der Waals surface area contributed by atoms with Gasteiger partial charge in [0.15, 0.2) is 0 Å². The van der Waals surface area contributed by atoms with Crippen LogP contribution >= 0.6 is 15.2 Å². The van der Waals surface area contributed by atoms with E-state index in [0.29, 0.717) is 6.42 Å². The zero-order valence-electron chi connectivity index (χ0n) is 17.4. The van der Waals surface area contributed by atoms with Crippen LogP contribution in [0.25, 0.3) is 0 Å². The van der Waals surface area contributed by atoms with Crippen molar-refractivity contribution in [2.75, 3.05) is 19.1 Å². The molecule has 0 saturated heterocycles. The monoisotopic (exact) mass is 433 g/mol. The van der Waals surface area contributed by atoms with Gasteiger partial charge in [0.05, 0.1) is 0 Å². The molecule has 168 valence electrons. The van der Waals surface area contributed by atoms with E-state index in [-0.39, 0.29) is 18.8 Å². The fourth-order valence-corrected chi connectivity index (χ4v) is 4.47. The summed E-state index contributed by atoms with van der Waals surface area (Å²) >= 11 is 0. The molecule has 0 atom stereocenters. The first-order valence-electron chi connectivity index (χ1n) is 9.38. The predicted octanol–water partition coefficient (Wildman–Crippen LogP) is 2.48. The average molecular weight is 433 g/mol. The van der Waals surface area contributed by atoms with Gasteiger partial charge in [0.25, 0.3) is 0 Å². The topological polar surface area (TPSA) is 203 Å². The summed E-state index contributed by atoms with van der Waals surface area (Å²) in [6.45, 7) is 2.35. The minimum absolute atomic E-state index is 0. The summed E-state index contributed by atoms with van der Waals surface area (Å²) < 4.78 is 21.6. The number of nitrogens with zero attached hydrogens (tertiary/aromatic N) is 1. The Hall–Kier alpha value is 0.180. The van der Waals surface area contributed by atoms with Crippen molar-refractivity contribution in [1.29, 1.82) is 0 Å². The predicted molar refractivity (Wildman–Crippen MR) is 105 cm³/mol. The molecule has 0 fully saturated rings. The standard InChI is InChI=1S/C16H37NO6P2.2H3N/c1-2-3-4-5-6-7-8-9-10-11-12-13-14-17(15-24(18,19)20)16-25(21,22)23;;/h2-16H2,1H3,(H2,18,19,20)(H2,21,22,23);2*1H3/p-2. The third kappa shape index (κ3) is 26.2. The van der Waals surface area contributed by atoms with Gasteiger partial charge in [-0.25, -0.2) is 0 Å². The summed E-state index contributed by atoms with van der Waals surface area (Å²) in [5.41, 5.74) is 0. The summed E-state index contributed by atoms with van der Waals surface area (Å²) in [6, 6.07) is 0. The van der Waals surface area contributed by atoms with Gasteiger partial charge in [-0.15, -0.1) is 0 Å². The van der Waals surface area contributed by atoms with Crippen LogP contribution in [0.2, 0.25) is 0 Å². The lowest BCUT2D eigenvalue weighted by Crippen LogP contribution is -2.36. The number of hydrogen-bond donors (Lipinski definition) is 2. The summed E-state index contributed by atoms with van der Waals surface area (Å²) in [5, 5.41) is 0. The van der Waals surface area contributed by atoms with Gasteiger partial charge in [-0.05, 0) is 13.0 Å². The van der Waals surface area contributed by atoms with Gasteiger partial charge in [-0.2, -0.15) is 0 Å². The molecule has 8 N–H and O–H groups in total. The molecule has 27 heavy (non-hydrogen) atoms. The molecule has 0 aromatic rings. The Morgan fingerprint density at radius 3 is 1.19 bits per heavy atom. The van der Waals surface area contributed by atoms with Crippen molar-refractivity contribution in [3.8, 4) is 0 Å². The van der Waals surface area contributed by atoms with Crippen molar-refractivity contribution in [2.24, 2.45) is 0 Å². The van der Waals surface area contributed by atoms with Crippen LogP contribution in [0.5, 0.6) is 0 Å². The molecule has 0 rings (SSSR count). The number of rotatable bonds is 17. The van der Waals surface area contributed by atoms with Crippen LogP contribution in [-0.2, 0) is 9.13 Å². The van der Waals surface area contributed by atoms with Gasteiger partial charge in [0, 0.05) is 12.6 Å². The van der Waals surface area contributed by atoms with Crippen molar-refractivity contribution in [3.05, 3.63) is 0 Å². The van der Waals surface area contributed by atoms with E-state index in [1.54, 1.807) is 0 Å². The second kappa shape index (κ2) is 18.2. The first-order chi connectivity index (χ1) is 11.6. The van der Waals surface area contributed by atoms with Crippen LogP contribution in [0, 0.1) is 0 Å². The fraction of sp³-hybridized carbons (Fsp3) is 1.00. The van der Waals surface area contributed by atoms with Crippen LogP contribution in [0.4, 0.5) is 0 Å². The van der Waals surface area contributed by atoms with E-state index in [2.05, 4.69) is 6.92 Å². The van der Waals surface area contributed by atoms with Crippen LogP contribution in [0.15, 0.2) is 0 Å². The van der Waals surface area contributed by atoms with Crippen molar-refractivity contribution in [1.82, 2.24) is 17.2 Å². The maximum atomic E-state index is 10.8. The van der Waals surface area contributed by atoms with E-state index in [1.165, 1.54) is 51.4 Å². The zero-order valence-corrected chi connectivity index (χ0v) is 19.2. The normalized spacial score (nSPS) is 11.9. The molecule has 0 saturated carbocycles. The highest BCUT2D eigenvalue weighted by molar-refractivity contribution is 7.49. The highest BCUT2D eigenvalue weighted by Gasteiger charge is 2.08. The van der Waals surface area contributed by atoms with Crippen molar-refractivity contribution >= 4 is 15.2 Å². The third-order valence-corrected chi connectivity index (χ3v) is 5.57. The van der Waals surface area contributed by atoms with Gasteiger partial charge >= 0.3 is 0 Å². The third-order valence-electron chi connectivity index (χ3n) is 4.07. The fourth-order valence-electron chi connectivity index (χ4n) is 2.85. The molecule has 0 aromatic carbocycles. The molecule has 9 nitrogen and oxygen atoms in total. The molecule has 11 heteroatoms. The Morgan fingerprint density at radius 1 is 0.593 bits per heavy atom. The lowest BCUT2D eigenvalue weighted by Gasteiger charge is -2.41. The number of unbranched alkanes of at least 4 members (excludes halogenated alkanes) is 11. The quantitative estimate of drug-likeness (QED) is 0.259. The smallest absolute Gasteiger partial charge is 0.0264 e. The first-order valence-corrected chi connectivity index (χ1v) is 12.8. The molecule has 0 aliphatic heterocycles. The first kappa shape index (κ1) is 31.9. The Labute approximate surface area is 164 Å². The van der Waals surface area contributed by atoms with Crippen molar-refractivity contribution in [2.45, 2.75) is 84.0 Å². The van der Waals surface area contributed by atoms with E-state index in [9.17, 15) is 28.7 Å². The van der Waals surface area contributed by atoms with Gasteiger partial charge in [0.2, 0.25) is 0 Å². The minimum Gasteiger partial charge on any atom is -0.810 e. The number of hydrogen-bond acceptors (Lipinski definition) is 7. The van der Waals surface area contributed by atoms with Crippen LogP contribution < -0.4 is 31.9 Å². The Balaban J connectivity index is -0.00000288. The molecular weight excluding hydrogens is 392 g/mol. The second-order valence-electron chi connectivity index (χ2n) is 6.79. The summed E-state index contributed by atoms with van der Waals surface area (Å²) in [4.78, 5) is 44.1. The Kier molecular flexibility index (Phi) is 21.5. The molecule has 0 aliphatic carbocycles. The van der Waals surface area contributed by atoms with E-state index < -0.39 is 27.8 Å². The van der Waals surface area contributed by atoms with E-state index in [4.69, 9.17) is 0 Å². The maximum Gasteiger partial charge on any atom is 0.0264 e. The van der Waals surface area contributed by atoms with Crippen molar-refractivity contribution < 1.29 is 28.7 Å². The van der Waals surface area contributed by atoms with Crippen molar-refractivity contribution in [3.63, 3.8) is 0 Å². The van der Waals surface area contributed by atoms with E-state index >= 15 is 0 Å². The molecule has 0 bridgehead atoms. The number of quaternary nitrogens is 2. The zero-order chi connectivity index (χ0) is 19.2. The van der Waals surface area contributed by atoms with E-state index in [1.807, 2.05) is 0 Å². The van der Waals surface area contributed by atoms with E-state index in [0.717, 1.165) is 24.2 Å². The maximum absolute atomic E-state index is 10.8. The lowest BCUT2D eigenvalue weighted by molar-refractivity contribution is -0.318. The highest BCUT2D eigenvalue weighted by Crippen LogP contribution is 2.30. The Morgan fingerprint density at radius 2 is 0.889 bits per heavy atom. The average Bonchev–Trinajstić information content (AvgIpc) is 2.45. The molecule has 0 unspecified atom stereocenters. The molecular formula is C16H41N3O6P2-2. The molecule has 0 amide bonds. The van der Waals surface area contributed by atoms with Crippen LogP contribution in [0.1, 0.15) is 84.0 Å². The van der Waals surface area contributed by atoms with Gasteiger partial charge in [-0.1, -0.05) is 92.7 Å². The van der Waals surface area contributed by atoms with Gasteiger partial charge < -0.3 is 41.0 Å². The molecule has 0 aromatic heterocycles. The molecule has 0 spiro atoms. The largest absolute Gasteiger partial charge is 0.810 e.